The summed E-state index contributed by atoms with van der Waals surface area (Å²) in [4.78, 5) is 28.0. The number of thiol groups is 1. The topological polar surface area (TPSA) is 79.4 Å². The van der Waals surface area contributed by atoms with E-state index in [-0.39, 0.29) is 17.1 Å². The molecule has 1 aromatic heterocycles. The standard InChI is InChI=1S/C22H28N3O3PS2/c1-15-20(30-21(23-15)24-16(2)26)31(28,29)25-11-9-18-12-19(27)8-10-22(18,14-25)13-17-6-4-3-5-7-17/h3-7,12,31H,8-11,13-14,29H2,1-2H3,(H,23,24,26). The SMILES string of the molecule is CC(=O)Nc1nc(C)c([SH](=O)(P)N2CCC3=CC(=O)CCC3(Cc3ccccc3)C2)s1. The molecule has 6 nitrogen and oxygen atoms in total. The molecule has 1 saturated heterocycles. The molecule has 1 aliphatic carbocycles. The molecule has 0 spiro atoms. The van der Waals surface area contributed by atoms with Crippen molar-refractivity contribution in [1.29, 1.82) is 0 Å². The average molecular weight is 478 g/mol. The number of carbonyl (C=O) groups is 2. The highest BCUT2D eigenvalue weighted by Gasteiger charge is 2.44. The smallest absolute Gasteiger partial charge is 0.223 e. The first kappa shape index (κ1) is 22.5. The van der Waals surface area contributed by atoms with E-state index in [2.05, 4.69) is 35.2 Å². The number of ketones is 1. The summed E-state index contributed by atoms with van der Waals surface area (Å²) in [5.74, 6) is -0.000213. The number of thiazole rings is 1. The molecule has 9 heteroatoms. The number of hydrogen-bond acceptors (Lipinski definition) is 5. The van der Waals surface area contributed by atoms with E-state index in [9.17, 15) is 13.8 Å². The highest BCUT2D eigenvalue weighted by Crippen LogP contribution is 2.49. The molecule has 0 radical (unpaired) electrons. The van der Waals surface area contributed by atoms with E-state index in [1.807, 2.05) is 31.2 Å². The van der Waals surface area contributed by atoms with E-state index in [1.165, 1.54) is 29.4 Å². The molecule has 1 amide bonds. The van der Waals surface area contributed by atoms with Crippen molar-refractivity contribution in [3.63, 3.8) is 0 Å². The van der Waals surface area contributed by atoms with Crippen molar-refractivity contribution >= 4 is 46.3 Å². The molecule has 2 unspecified atom stereocenters. The minimum atomic E-state index is -2.96. The van der Waals surface area contributed by atoms with Gasteiger partial charge in [-0.1, -0.05) is 47.2 Å². The Morgan fingerprint density at radius 3 is 2.77 bits per heavy atom. The van der Waals surface area contributed by atoms with Crippen molar-refractivity contribution in [3.05, 3.63) is 53.2 Å². The Kier molecular flexibility index (Phi) is 6.28. The number of fused-ring (bicyclic) bond motifs is 1. The minimum absolute atomic E-state index is 0.194. The molecule has 1 aromatic carbocycles. The van der Waals surface area contributed by atoms with Crippen molar-refractivity contribution in [2.45, 2.75) is 43.7 Å². The van der Waals surface area contributed by atoms with Crippen LogP contribution in [0.15, 0.2) is 46.2 Å². The number of nitrogens with one attached hydrogen (secondary N) is 1. The summed E-state index contributed by atoms with van der Waals surface area (Å²) in [5.41, 5.74) is 2.90. The number of amides is 1. The van der Waals surface area contributed by atoms with Crippen LogP contribution in [0.25, 0.3) is 0 Å². The number of nitrogens with zero attached hydrogens (tertiary/aromatic N) is 2. The maximum Gasteiger partial charge on any atom is 0.223 e. The third-order valence-electron chi connectivity index (χ3n) is 6.14. The molecule has 0 saturated carbocycles. The molecule has 4 rings (SSSR count). The third kappa shape index (κ3) is 4.58. The summed E-state index contributed by atoms with van der Waals surface area (Å²) in [6.07, 6.45) is 4.69. The molecule has 0 bridgehead atoms. The average Bonchev–Trinajstić information content (AvgIpc) is 3.09. The fourth-order valence-corrected chi connectivity index (χ4v) is 9.81. The number of piperidine rings is 1. The Morgan fingerprint density at radius 2 is 2.06 bits per heavy atom. The number of anilines is 1. The predicted octanol–water partition coefficient (Wildman–Crippen LogP) is 3.71. The van der Waals surface area contributed by atoms with E-state index in [0.717, 1.165) is 19.3 Å². The molecule has 31 heavy (non-hydrogen) atoms. The number of rotatable bonds is 5. The molecule has 2 aliphatic rings. The summed E-state index contributed by atoms with van der Waals surface area (Å²) in [5, 5.41) is 3.18. The third-order valence-corrected chi connectivity index (χ3v) is 12.5. The highest BCUT2D eigenvalue weighted by molar-refractivity contribution is 8.44. The first-order chi connectivity index (χ1) is 14.7. The van der Waals surface area contributed by atoms with Crippen molar-refractivity contribution in [3.8, 4) is 0 Å². The van der Waals surface area contributed by atoms with E-state index in [0.29, 0.717) is 34.5 Å². The normalized spacial score (nSPS) is 22.5. The van der Waals surface area contributed by atoms with Gasteiger partial charge in [0.2, 0.25) is 5.91 Å². The van der Waals surface area contributed by atoms with Crippen LogP contribution >= 0.6 is 19.8 Å². The van der Waals surface area contributed by atoms with E-state index < -0.39 is 9.74 Å². The lowest BCUT2D eigenvalue weighted by Crippen LogP contribution is -2.50. The molecule has 1 fully saturated rings. The lowest BCUT2D eigenvalue weighted by Gasteiger charge is -2.49. The van der Waals surface area contributed by atoms with Gasteiger partial charge in [0.05, 0.1) is 5.69 Å². The second-order valence-corrected chi connectivity index (χ2v) is 14.1. The lowest BCUT2D eigenvalue weighted by molar-refractivity contribution is -0.116. The van der Waals surface area contributed by atoms with Crippen molar-refractivity contribution in [2.24, 2.45) is 5.41 Å². The fourth-order valence-electron chi connectivity index (χ4n) is 4.65. The summed E-state index contributed by atoms with van der Waals surface area (Å²) in [6, 6.07) is 10.3. The van der Waals surface area contributed by atoms with Crippen molar-refractivity contribution in [2.75, 3.05) is 18.4 Å². The number of carbonyl (C=O) groups excluding carboxylic acids is 2. The Morgan fingerprint density at radius 1 is 1.32 bits per heavy atom. The Bertz CT molecular complexity index is 1100. The molecular weight excluding hydrogens is 449 g/mol. The van der Waals surface area contributed by atoms with Gasteiger partial charge in [0.15, 0.2) is 10.9 Å². The van der Waals surface area contributed by atoms with Gasteiger partial charge in [0.1, 0.15) is 4.21 Å². The zero-order chi connectivity index (χ0) is 22.2. The largest absolute Gasteiger partial charge is 0.302 e. The maximum atomic E-state index is 14.1. The van der Waals surface area contributed by atoms with Gasteiger partial charge in [-0.25, -0.2) is 9.29 Å². The zero-order valence-electron chi connectivity index (χ0n) is 17.8. The van der Waals surface area contributed by atoms with Crippen molar-refractivity contribution < 1.29 is 13.8 Å². The molecule has 1 N–H and O–H groups in total. The Hall–Kier alpha value is -1.73. The van der Waals surface area contributed by atoms with E-state index in [1.54, 1.807) is 0 Å². The lowest BCUT2D eigenvalue weighted by atomic mass is 9.66. The summed E-state index contributed by atoms with van der Waals surface area (Å²) < 4.78 is 16.9. The van der Waals surface area contributed by atoms with Crippen LogP contribution in [0.3, 0.4) is 0 Å². The van der Waals surface area contributed by atoms with Crippen LogP contribution < -0.4 is 5.32 Å². The Labute approximate surface area is 190 Å². The van der Waals surface area contributed by atoms with Crippen LogP contribution in [0.1, 0.15) is 37.4 Å². The number of aromatic nitrogens is 1. The molecule has 2 aromatic rings. The van der Waals surface area contributed by atoms with Crippen molar-refractivity contribution in [1.82, 2.24) is 9.29 Å². The van der Waals surface area contributed by atoms with Crippen LogP contribution in [-0.2, 0) is 25.7 Å². The second kappa shape index (κ2) is 8.66. The molecule has 2 heterocycles. The number of hydrogen-bond donors (Lipinski definition) is 2. The molecule has 2 atom stereocenters. The van der Waals surface area contributed by atoms with Crippen LogP contribution in [-0.4, -0.2) is 38.3 Å². The van der Waals surface area contributed by atoms with Gasteiger partial charge in [0, 0.05) is 31.8 Å². The van der Waals surface area contributed by atoms with Gasteiger partial charge >= 0.3 is 0 Å². The number of allylic oxidation sites excluding steroid dienone is 1. The van der Waals surface area contributed by atoms with Crippen LogP contribution in [0.4, 0.5) is 5.13 Å². The maximum absolute atomic E-state index is 14.1. The molecule has 166 valence electrons. The van der Waals surface area contributed by atoms with Crippen LogP contribution in [0.2, 0.25) is 0 Å². The summed E-state index contributed by atoms with van der Waals surface area (Å²) in [7, 11) is -0.371. The Balaban J connectivity index is 1.67. The number of aryl methyl sites for hydroxylation is 1. The predicted molar refractivity (Wildman–Crippen MR) is 130 cm³/mol. The van der Waals surface area contributed by atoms with Gasteiger partial charge < -0.3 is 5.32 Å². The summed E-state index contributed by atoms with van der Waals surface area (Å²) in [6.45, 7) is 4.53. The number of benzene rings is 1. The zero-order valence-corrected chi connectivity index (χ0v) is 20.6. The van der Waals surface area contributed by atoms with Gasteiger partial charge in [-0.05, 0) is 56.0 Å². The molecule has 1 aliphatic heterocycles. The van der Waals surface area contributed by atoms with Gasteiger partial charge in [0.25, 0.3) is 0 Å². The van der Waals surface area contributed by atoms with Gasteiger partial charge in [-0.15, -0.1) is 0 Å². The minimum Gasteiger partial charge on any atom is -0.302 e. The van der Waals surface area contributed by atoms with Gasteiger partial charge in [-0.2, -0.15) is 0 Å². The van der Waals surface area contributed by atoms with Crippen LogP contribution in [0, 0.1) is 12.3 Å². The monoisotopic (exact) mass is 477 g/mol. The molecular formula is C22H28N3O3PS2. The fraction of sp³-hybridized carbons (Fsp3) is 0.409. The summed E-state index contributed by atoms with van der Waals surface area (Å²) >= 11 is 1.28. The van der Waals surface area contributed by atoms with Crippen LogP contribution in [0.5, 0.6) is 0 Å². The quantitative estimate of drug-likeness (QED) is 0.508. The second-order valence-electron chi connectivity index (χ2n) is 8.43. The van der Waals surface area contributed by atoms with E-state index in [4.69, 9.17) is 0 Å². The van der Waals surface area contributed by atoms with E-state index >= 15 is 0 Å². The first-order valence-electron chi connectivity index (χ1n) is 10.4. The first-order valence-corrected chi connectivity index (χ1v) is 14.5. The van der Waals surface area contributed by atoms with Gasteiger partial charge in [-0.3, -0.25) is 13.8 Å². The highest BCUT2D eigenvalue weighted by atomic mass is 32.8.